The van der Waals surface area contributed by atoms with Gasteiger partial charge in [0, 0.05) is 19.8 Å². The molecule has 1 aromatic carbocycles. The Labute approximate surface area is 112 Å². The van der Waals surface area contributed by atoms with E-state index in [1.807, 2.05) is 0 Å². The van der Waals surface area contributed by atoms with Gasteiger partial charge in [-0.2, -0.15) is 0 Å². The smallest absolute Gasteiger partial charge is 0.240 e. The van der Waals surface area contributed by atoms with E-state index in [0.29, 0.717) is 19.8 Å². The Hall–Kier alpha value is -1.18. The van der Waals surface area contributed by atoms with E-state index < -0.39 is 15.8 Å². The highest BCUT2D eigenvalue weighted by Gasteiger charge is 2.19. The number of nitrogens with one attached hydrogen (secondary N) is 1. The maximum Gasteiger partial charge on any atom is 0.240 e. The van der Waals surface area contributed by atoms with Crippen molar-refractivity contribution in [2.45, 2.75) is 17.7 Å². The summed E-state index contributed by atoms with van der Waals surface area (Å²) in [5.74, 6) is -0.343. The molecule has 1 aromatic rings. The molecule has 1 aliphatic rings. The Morgan fingerprint density at radius 1 is 1.37 bits per heavy atom. The summed E-state index contributed by atoms with van der Waals surface area (Å²) in [5.41, 5.74) is 5.20. The van der Waals surface area contributed by atoms with Gasteiger partial charge in [0.2, 0.25) is 10.0 Å². The molecule has 0 atom stereocenters. The van der Waals surface area contributed by atoms with E-state index in [1.165, 1.54) is 6.07 Å². The standard InChI is InChI=1S/C12H17FN2O3S/c13-11-2-1-10(7-12(11)14)19(16,17)15-8-9-3-5-18-6-4-9/h1-2,7,9,15H,3-6,8,14H2. The summed E-state index contributed by atoms with van der Waals surface area (Å²) in [6.07, 6.45) is 1.68. The lowest BCUT2D eigenvalue weighted by atomic mass is 10.0. The zero-order chi connectivity index (χ0) is 13.9. The Morgan fingerprint density at radius 2 is 2.05 bits per heavy atom. The van der Waals surface area contributed by atoms with Crippen LogP contribution in [0.15, 0.2) is 23.1 Å². The predicted molar refractivity (Wildman–Crippen MR) is 69.5 cm³/mol. The number of halogens is 1. The fraction of sp³-hybridized carbons (Fsp3) is 0.500. The van der Waals surface area contributed by atoms with E-state index in [0.717, 1.165) is 25.0 Å². The van der Waals surface area contributed by atoms with Crippen LogP contribution in [-0.4, -0.2) is 28.2 Å². The van der Waals surface area contributed by atoms with Gasteiger partial charge in [0.1, 0.15) is 5.82 Å². The van der Waals surface area contributed by atoms with Crippen molar-refractivity contribution in [3.63, 3.8) is 0 Å². The molecule has 7 heteroatoms. The average molecular weight is 288 g/mol. The van der Waals surface area contributed by atoms with Crippen molar-refractivity contribution in [2.75, 3.05) is 25.5 Å². The number of hydrogen-bond acceptors (Lipinski definition) is 4. The highest BCUT2D eigenvalue weighted by atomic mass is 32.2. The summed E-state index contributed by atoms with van der Waals surface area (Å²) >= 11 is 0. The van der Waals surface area contributed by atoms with E-state index >= 15 is 0 Å². The number of sulfonamides is 1. The largest absolute Gasteiger partial charge is 0.396 e. The molecule has 2 rings (SSSR count). The summed E-state index contributed by atoms with van der Waals surface area (Å²) in [6, 6.07) is 3.39. The van der Waals surface area contributed by atoms with E-state index in [2.05, 4.69) is 4.72 Å². The first-order valence-corrected chi connectivity index (χ1v) is 7.60. The number of nitrogens with two attached hydrogens (primary N) is 1. The van der Waals surface area contributed by atoms with Crippen molar-refractivity contribution < 1.29 is 17.5 Å². The van der Waals surface area contributed by atoms with Crippen LogP contribution in [0.2, 0.25) is 0 Å². The summed E-state index contributed by atoms with van der Waals surface area (Å²) in [4.78, 5) is -0.0153. The van der Waals surface area contributed by atoms with Crippen LogP contribution in [-0.2, 0) is 14.8 Å². The maximum atomic E-state index is 13.0. The van der Waals surface area contributed by atoms with Crippen molar-refractivity contribution in [1.29, 1.82) is 0 Å². The Balaban J connectivity index is 2.02. The van der Waals surface area contributed by atoms with Crippen molar-refractivity contribution >= 4 is 15.7 Å². The number of hydrogen-bond donors (Lipinski definition) is 2. The van der Waals surface area contributed by atoms with Gasteiger partial charge in [0.05, 0.1) is 10.6 Å². The Bertz CT molecular complexity index is 542. The van der Waals surface area contributed by atoms with E-state index in [9.17, 15) is 12.8 Å². The second-order valence-corrected chi connectivity index (χ2v) is 6.36. The second-order valence-electron chi connectivity index (χ2n) is 4.59. The second kappa shape index (κ2) is 5.85. The molecule has 5 nitrogen and oxygen atoms in total. The summed E-state index contributed by atoms with van der Waals surface area (Å²) in [7, 11) is -3.64. The first kappa shape index (κ1) is 14.2. The first-order valence-electron chi connectivity index (χ1n) is 6.11. The van der Waals surface area contributed by atoms with Gasteiger partial charge in [-0.15, -0.1) is 0 Å². The molecule has 0 unspecified atom stereocenters. The van der Waals surface area contributed by atoms with Crippen LogP contribution in [0.4, 0.5) is 10.1 Å². The third kappa shape index (κ3) is 3.65. The Morgan fingerprint density at radius 3 is 2.68 bits per heavy atom. The number of benzene rings is 1. The van der Waals surface area contributed by atoms with Crippen molar-refractivity contribution in [2.24, 2.45) is 5.92 Å². The van der Waals surface area contributed by atoms with Gasteiger partial charge in [-0.05, 0) is 37.0 Å². The first-order chi connectivity index (χ1) is 8.99. The molecule has 1 fully saturated rings. The Kier molecular flexibility index (Phi) is 4.38. The van der Waals surface area contributed by atoms with Crippen molar-refractivity contribution in [1.82, 2.24) is 4.72 Å². The molecule has 0 aliphatic carbocycles. The van der Waals surface area contributed by atoms with Gasteiger partial charge in [-0.3, -0.25) is 0 Å². The number of ether oxygens (including phenoxy) is 1. The van der Waals surface area contributed by atoms with Crippen LogP contribution in [0.3, 0.4) is 0 Å². The van der Waals surface area contributed by atoms with E-state index in [-0.39, 0.29) is 16.5 Å². The van der Waals surface area contributed by atoms with Crippen molar-refractivity contribution in [3.05, 3.63) is 24.0 Å². The van der Waals surface area contributed by atoms with Crippen LogP contribution in [0.25, 0.3) is 0 Å². The van der Waals surface area contributed by atoms with Gasteiger partial charge in [0.15, 0.2) is 0 Å². The fourth-order valence-corrected chi connectivity index (χ4v) is 3.10. The topological polar surface area (TPSA) is 81.4 Å². The molecular formula is C12H17FN2O3S. The summed E-state index contributed by atoms with van der Waals surface area (Å²) in [5, 5.41) is 0. The average Bonchev–Trinajstić information content (AvgIpc) is 2.41. The molecule has 0 saturated carbocycles. The molecule has 0 amide bonds. The zero-order valence-electron chi connectivity index (χ0n) is 10.4. The number of rotatable bonds is 4. The molecule has 0 spiro atoms. The van der Waals surface area contributed by atoms with Crippen LogP contribution in [0.1, 0.15) is 12.8 Å². The predicted octanol–water partition coefficient (Wildman–Crippen LogP) is 1.11. The maximum absolute atomic E-state index is 13.0. The molecule has 3 N–H and O–H groups in total. The molecule has 0 bridgehead atoms. The van der Waals surface area contributed by atoms with Crippen LogP contribution in [0.5, 0.6) is 0 Å². The molecular weight excluding hydrogens is 271 g/mol. The van der Waals surface area contributed by atoms with Gasteiger partial charge in [-0.1, -0.05) is 0 Å². The lowest BCUT2D eigenvalue weighted by Crippen LogP contribution is -2.32. The monoisotopic (exact) mass is 288 g/mol. The molecule has 106 valence electrons. The SMILES string of the molecule is Nc1cc(S(=O)(=O)NCC2CCOCC2)ccc1F. The van der Waals surface area contributed by atoms with Gasteiger partial charge in [-0.25, -0.2) is 17.5 Å². The number of anilines is 1. The zero-order valence-corrected chi connectivity index (χ0v) is 11.2. The van der Waals surface area contributed by atoms with Crippen molar-refractivity contribution in [3.8, 4) is 0 Å². The quantitative estimate of drug-likeness (QED) is 0.813. The van der Waals surface area contributed by atoms with Gasteiger partial charge < -0.3 is 10.5 Å². The van der Waals surface area contributed by atoms with E-state index in [1.54, 1.807) is 0 Å². The summed E-state index contributed by atoms with van der Waals surface area (Å²) < 4.78 is 44.8. The molecule has 1 saturated heterocycles. The summed E-state index contributed by atoms with van der Waals surface area (Å²) in [6.45, 7) is 1.69. The molecule has 0 aromatic heterocycles. The fourth-order valence-electron chi connectivity index (χ4n) is 1.95. The lowest BCUT2D eigenvalue weighted by molar-refractivity contribution is 0.0678. The number of nitrogen functional groups attached to an aromatic ring is 1. The normalized spacial score (nSPS) is 17.5. The van der Waals surface area contributed by atoms with Gasteiger partial charge in [0.25, 0.3) is 0 Å². The highest BCUT2D eigenvalue weighted by molar-refractivity contribution is 7.89. The van der Waals surface area contributed by atoms with Crippen LogP contribution in [0, 0.1) is 11.7 Å². The van der Waals surface area contributed by atoms with Crippen LogP contribution >= 0.6 is 0 Å². The van der Waals surface area contributed by atoms with Gasteiger partial charge >= 0.3 is 0 Å². The third-order valence-corrected chi connectivity index (χ3v) is 4.60. The third-order valence-electron chi connectivity index (χ3n) is 3.18. The minimum absolute atomic E-state index is 0.0153. The van der Waals surface area contributed by atoms with Crippen LogP contribution < -0.4 is 10.5 Å². The minimum Gasteiger partial charge on any atom is -0.396 e. The highest BCUT2D eigenvalue weighted by Crippen LogP contribution is 2.18. The molecule has 1 heterocycles. The molecule has 0 radical (unpaired) electrons. The molecule has 19 heavy (non-hydrogen) atoms. The lowest BCUT2D eigenvalue weighted by Gasteiger charge is -2.22. The van der Waals surface area contributed by atoms with E-state index in [4.69, 9.17) is 10.5 Å². The molecule has 1 aliphatic heterocycles. The minimum atomic E-state index is -3.64.